The smallest absolute Gasteiger partial charge is 0.332 e. The van der Waals surface area contributed by atoms with E-state index in [9.17, 15) is 4.79 Å². The molecule has 0 aliphatic rings. The lowest BCUT2D eigenvalue weighted by Gasteiger charge is -2.05. The van der Waals surface area contributed by atoms with Crippen molar-refractivity contribution in [3.63, 3.8) is 0 Å². The van der Waals surface area contributed by atoms with Gasteiger partial charge >= 0.3 is 5.97 Å². The van der Waals surface area contributed by atoms with E-state index in [1.54, 1.807) is 0 Å². The Morgan fingerprint density at radius 3 is 1.14 bits per heavy atom. The van der Waals surface area contributed by atoms with E-state index in [1.807, 2.05) is 0 Å². The van der Waals surface area contributed by atoms with E-state index < -0.39 is 12.1 Å². The molecule has 0 saturated heterocycles. The third-order valence-electron chi connectivity index (χ3n) is 4.45. The minimum absolute atomic E-state index is 0.396. The molecular weight excluding hydrogens is 368 g/mol. The van der Waals surface area contributed by atoms with E-state index in [0.29, 0.717) is 32.6 Å². The van der Waals surface area contributed by atoms with Gasteiger partial charge in [0.2, 0.25) is 0 Å². The van der Waals surface area contributed by atoms with E-state index in [4.69, 9.17) is 33.1 Å². The van der Waals surface area contributed by atoms with Crippen LogP contribution in [0.3, 0.4) is 0 Å². The number of carbonyl (C=O) groups is 1. The highest BCUT2D eigenvalue weighted by Crippen LogP contribution is 2.13. The average Bonchev–Trinajstić information content (AvgIpc) is 2.74. The van der Waals surface area contributed by atoms with Crippen LogP contribution in [-0.2, 0) is 4.79 Å². The fourth-order valence-corrected chi connectivity index (χ4v) is 2.66. The zero-order valence-electron chi connectivity index (χ0n) is 19.1. The molecule has 0 aromatic heterocycles. The van der Waals surface area contributed by atoms with Gasteiger partial charge in [0, 0.05) is 26.2 Å². The highest BCUT2D eigenvalue weighted by molar-refractivity contribution is 5.71. The fourth-order valence-electron chi connectivity index (χ4n) is 2.66. The lowest BCUT2D eigenvalue weighted by molar-refractivity contribution is -0.146. The first-order valence-corrected chi connectivity index (χ1v) is 11.7. The monoisotopic (exact) mass is 420 g/mol. The molecule has 0 radical (unpaired) electrons. The van der Waals surface area contributed by atoms with Crippen LogP contribution in [0.15, 0.2) is 0 Å². The minimum Gasteiger partial charge on any atom is -0.479 e. The van der Waals surface area contributed by atoms with E-state index in [2.05, 4.69) is 6.92 Å². The Morgan fingerprint density at radius 2 is 0.897 bits per heavy atom. The molecule has 29 heavy (non-hydrogen) atoms. The Morgan fingerprint density at radius 1 is 0.621 bits per heavy atom. The van der Waals surface area contributed by atoms with Crippen LogP contribution in [0, 0.1) is 0 Å². The van der Waals surface area contributed by atoms with Crippen molar-refractivity contribution in [2.24, 2.45) is 22.9 Å². The van der Waals surface area contributed by atoms with Crippen LogP contribution >= 0.6 is 0 Å². The molecule has 7 nitrogen and oxygen atoms in total. The van der Waals surface area contributed by atoms with Crippen molar-refractivity contribution in [1.82, 2.24) is 0 Å². The molecule has 0 aromatic carbocycles. The molecule has 1 unspecified atom stereocenters. The maximum absolute atomic E-state index is 10.4. The van der Waals surface area contributed by atoms with Crippen molar-refractivity contribution in [3.05, 3.63) is 0 Å². The summed E-state index contributed by atoms with van der Waals surface area (Å²) in [5.74, 6) is -1.09. The number of unbranched alkanes of at least 4 members (excludes halogenated alkanes) is 13. The van der Waals surface area contributed by atoms with Crippen LogP contribution in [0.2, 0.25) is 0 Å². The molecule has 178 valence electrons. The molecular formula is C22H52N4O3. The molecule has 0 heterocycles. The second-order valence-electron chi connectivity index (χ2n) is 7.39. The highest BCUT2D eigenvalue weighted by Gasteiger charge is 2.11. The molecule has 0 spiro atoms. The van der Waals surface area contributed by atoms with Crippen molar-refractivity contribution >= 4 is 5.97 Å². The summed E-state index contributed by atoms with van der Waals surface area (Å²) in [6, 6.07) is 0. The summed E-state index contributed by atoms with van der Waals surface area (Å²) < 4.78 is 0. The van der Waals surface area contributed by atoms with E-state index in [1.165, 1.54) is 77.0 Å². The van der Waals surface area contributed by atoms with Crippen molar-refractivity contribution in [3.8, 4) is 0 Å². The van der Waals surface area contributed by atoms with Crippen molar-refractivity contribution < 1.29 is 15.0 Å². The first-order chi connectivity index (χ1) is 14.0. The number of rotatable bonds is 18. The topological polar surface area (TPSA) is 162 Å². The zero-order valence-corrected chi connectivity index (χ0v) is 19.1. The Bertz CT molecular complexity index is 287. The molecule has 0 amide bonds. The predicted molar refractivity (Wildman–Crippen MR) is 125 cm³/mol. The Labute approximate surface area is 180 Å². The Kier molecular flexibility index (Phi) is 36.3. The van der Waals surface area contributed by atoms with Crippen molar-refractivity contribution in [2.45, 2.75) is 109 Å². The van der Waals surface area contributed by atoms with Crippen LogP contribution in [0.1, 0.15) is 103 Å². The molecule has 0 aliphatic heterocycles. The first-order valence-electron chi connectivity index (χ1n) is 11.7. The first kappa shape index (κ1) is 32.9. The molecule has 10 N–H and O–H groups in total. The SMILES string of the molecule is CCCCCCCCCCCCCCCCC(O)C(=O)O.NCCN.NCCN. The Balaban J connectivity index is -0.000000712. The normalized spacial score (nSPS) is 11.1. The standard InChI is InChI=1S/C18H36O3.2C2H8N2/c1-2-3-4-5-6-7-8-9-10-11-12-13-14-15-16-17(19)18(20)21;2*3-1-2-4/h17,19H,2-16H2,1H3,(H,20,21);2*1-4H2. The summed E-state index contributed by atoms with van der Waals surface area (Å²) >= 11 is 0. The van der Waals surface area contributed by atoms with Gasteiger partial charge in [-0.25, -0.2) is 4.79 Å². The van der Waals surface area contributed by atoms with Gasteiger partial charge in [-0.1, -0.05) is 96.8 Å². The van der Waals surface area contributed by atoms with Crippen LogP contribution in [0.4, 0.5) is 0 Å². The molecule has 0 aromatic rings. The van der Waals surface area contributed by atoms with Crippen LogP contribution < -0.4 is 22.9 Å². The summed E-state index contributed by atoms with van der Waals surface area (Å²) in [6.07, 6.45) is 17.3. The third kappa shape index (κ3) is 38.5. The maximum atomic E-state index is 10.4. The second kappa shape index (κ2) is 31.9. The third-order valence-corrected chi connectivity index (χ3v) is 4.45. The maximum Gasteiger partial charge on any atom is 0.332 e. The number of hydrogen-bond acceptors (Lipinski definition) is 6. The van der Waals surface area contributed by atoms with Crippen LogP contribution in [0.5, 0.6) is 0 Å². The van der Waals surface area contributed by atoms with Crippen molar-refractivity contribution in [1.29, 1.82) is 0 Å². The lowest BCUT2D eigenvalue weighted by atomic mass is 10.0. The summed E-state index contributed by atoms with van der Waals surface area (Å²) in [5, 5.41) is 17.7. The van der Waals surface area contributed by atoms with Gasteiger partial charge in [-0.15, -0.1) is 0 Å². The largest absolute Gasteiger partial charge is 0.479 e. The number of aliphatic carboxylic acids is 1. The van der Waals surface area contributed by atoms with Crippen molar-refractivity contribution in [2.75, 3.05) is 26.2 Å². The van der Waals surface area contributed by atoms with Gasteiger partial charge in [-0.05, 0) is 6.42 Å². The van der Waals surface area contributed by atoms with Gasteiger partial charge in [0.25, 0.3) is 0 Å². The lowest BCUT2D eigenvalue weighted by Crippen LogP contribution is -2.18. The molecule has 0 rings (SSSR count). The number of carboxylic acid groups (broad SMARTS) is 1. The summed E-state index contributed by atoms with van der Waals surface area (Å²) in [6.45, 7) is 4.65. The van der Waals surface area contributed by atoms with Crippen LogP contribution in [-0.4, -0.2) is 48.5 Å². The van der Waals surface area contributed by atoms with Gasteiger partial charge in [0.15, 0.2) is 6.10 Å². The Hall–Kier alpha value is -0.730. The number of nitrogens with two attached hydrogens (primary N) is 4. The van der Waals surface area contributed by atoms with Gasteiger partial charge in [0.05, 0.1) is 0 Å². The molecule has 0 saturated carbocycles. The number of carboxylic acids is 1. The number of hydrogen-bond donors (Lipinski definition) is 6. The zero-order chi connectivity index (χ0) is 22.6. The molecule has 0 bridgehead atoms. The fraction of sp³-hybridized carbons (Fsp3) is 0.955. The summed E-state index contributed by atoms with van der Waals surface area (Å²) in [7, 11) is 0. The van der Waals surface area contributed by atoms with Gasteiger partial charge in [0.1, 0.15) is 0 Å². The molecule has 0 aliphatic carbocycles. The highest BCUT2D eigenvalue weighted by atomic mass is 16.4. The van der Waals surface area contributed by atoms with Gasteiger partial charge < -0.3 is 33.1 Å². The van der Waals surface area contributed by atoms with E-state index >= 15 is 0 Å². The number of aliphatic hydroxyl groups is 1. The van der Waals surface area contributed by atoms with Crippen LogP contribution in [0.25, 0.3) is 0 Å². The molecule has 0 fully saturated rings. The molecule has 1 atom stereocenters. The second-order valence-corrected chi connectivity index (χ2v) is 7.39. The number of aliphatic hydroxyl groups excluding tert-OH is 1. The van der Waals surface area contributed by atoms with Gasteiger partial charge in [-0.3, -0.25) is 0 Å². The summed E-state index contributed by atoms with van der Waals surface area (Å²) in [5.41, 5.74) is 19.6. The average molecular weight is 421 g/mol. The van der Waals surface area contributed by atoms with E-state index in [-0.39, 0.29) is 0 Å². The molecule has 7 heteroatoms. The van der Waals surface area contributed by atoms with Gasteiger partial charge in [-0.2, -0.15) is 0 Å². The quantitative estimate of drug-likeness (QED) is 0.186. The predicted octanol–water partition coefficient (Wildman–Crippen LogP) is 3.11. The summed E-state index contributed by atoms with van der Waals surface area (Å²) in [4.78, 5) is 10.4. The van der Waals surface area contributed by atoms with E-state index in [0.717, 1.165) is 12.8 Å². The minimum atomic E-state index is -1.16.